The van der Waals surface area contributed by atoms with Crippen molar-refractivity contribution in [2.24, 2.45) is 0 Å². The van der Waals surface area contributed by atoms with Crippen molar-refractivity contribution in [1.29, 1.82) is 0 Å². The molecule has 0 aliphatic rings. The number of aryl methyl sites for hydroxylation is 2. The van der Waals surface area contributed by atoms with Crippen LogP contribution in [0.25, 0.3) is 5.69 Å². The summed E-state index contributed by atoms with van der Waals surface area (Å²) in [6.07, 6.45) is -0.709. The maximum absolute atomic E-state index is 12.4. The summed E-state index contributed by atoms with van der Waals surface area (Å²) in [6, 6.07) is 4.93. The van der Waals surface area contributed by atoms with Gasteiger partial charge in [0.05, 0.1) is 21.1 Å². The number of H-pyrrole nitrogens is 1. The number of aromatic nitrogens is 4. The summed E-state index contributed by atoms with van der Waals surface area (Å²) in [5, 5.41) is 10.8. The quantitative estimate of drug-likeness (QED) is 0.420. The Hall–Kier alpha value is -1.11. The van der Waals surface area contributed by atoms with Gasteiger partial charge >= 0.3 is 6.18 Å². The molecule has 9 heteroatoms. The lowest BCUT2D eigenvalue weighted by atomic mass is 10.2. The molecule has 0 saturated carbocycles. The Morgan fingerprint density at radius 3 is 2.00 bits per heavy atom. The second kappa shape index (κ2) is 7.85. The first-order valence-corrected chi connectivity index (χ1v) is 8.89. The molecule has 0 aliphatic heterocycles. The maximum Gasteiger partial charge on any atom is 0.416 e. The second-order valence-corrected chi connectivity index (χ2v) is 7.06. The van der Waals surface area contributed by atoms with Crippen LogP contribution in [-0.2, 0) is 6.18 Å². The fraction of sp³-hybridized carbons (Fsp3) is 0.200. The third kappa shape index (κ3) is 4.94. The minimum atomic E-state index is -4.30. The van der Waals surface area contributed by atoms with Gasteiger partial charge in [0.1, 0.15) is 3.70 Å². The molecule has 0 spiro atoms. The van der Waals surface area contributed by atoms with E-state index in [1.807, 2.05) is 20.0 Å². The van der Waals surface area contributed by atoms with Crippen molar-refractivity contribution in [3.63, 3.8) is 0 Å². The van der Waals surface area contributed by atoms with Crippen LogP contribution in [0.2, 0.25) is 0 Å². The van der Waals surface area contributed by atoms with E-state index in [-0.39, 0.29) is 0 Å². The molecule has 0 bridgehead atoms. The Morgan fingerprint density at radius 2 is 1.67 bits per heavy atom. The highest BCUT2D eigenvalue weighted by atomic mass is 127. The van der Waals surface area contributed by atoms with E-state index in [0.717, 1.165) is 25.1 Å². The molecule has 1 N–H and O–H groups in total. The topological polar surface area (TPSA) is 46.5 Å². The molecule has 24 heavy (non-hydrogen) atoms. The first kappa shape index (κ1) is 19.2. The fourth-order valence-corrected chi connectivity index (χ4v) is 2.36. The second-order valence-electron chi connectivity index (χ2n) is 4.96. The van der Waals surface area contributed by atoms with E-state index < -0.39 is 11.7 Å². The fourth-order valence-electron chi connectivity index (χ4n) is 1.71. The van der Waals surface area contributed by atoms with Gasteiger partial charge in [0, 0.05) is 17.3 Å². The predicted molar refractivity (Wildman–Crippen MR) is 102 cm³/mol. The number of nitrogens with one attached hydrogen (secondary N) is 1. The van der Waals surface area contributed by atoms with Crippen molar-refractivity contribution >= 4 is 45.2 Å². The Balaban J connectivity index is 0.000000249. The monoisotopic (exact) mass is 560 g/mol. The van der Waals surface area contributed by atoms with Crippen LogP contribution in [0, 0.1) is 21.2 Å². The zero-order chi connectivity index (χ0) is 17.9. The summed E-state index contributed by atoms with van der Waals surface area (Å²) >= 11 is 4.28. The molecular formula is C15H13F3I2N4. The highest BCUT2D eigenvalue weighted by Gasteiger charge is 2.30. The largest absolute Gasteiger partial charge is 0.416 e. The van der Waals surface area contributed by atoms with Gasteiger partial charge in [-0.15, -0.1) is 0 Å². The number of aromatic amines is 1. The van der Waals surface area contributed by atoms with E-state index >= 15 is 0 Å². The molecule has 3 rings (SSSR count). The molecule has 0 fully saturated rings. The highest BCUT2D eigenvalue weighted by molar-refractivity contribution is 14.1. The molecule has 4 nitrogen and oxygen atoms in total. The normalized spacial score (nSPS) is 11.1. The zero-order valence-corrected chi connectivity index (χ0v) is 17.0. The summed E-state index contributed by atoms with van der Waals surface area (Å²) < 4.78 is 40.6. The lowest BCUT2D eigenvalue weighted by molar-refractivity contribution is -0.137. The Kier molecular flexibility index (Phi) is 6.28. The molecular weight excluding hydrogens is 547 g/mol. The van der Waals surface area contributed by atoms with Crippen LogP contribution in [0.5, 0.6) is 0 Å². The van der Waals surface area contributed by atoms with E-state index in [1.165, 1.54) is 17.7 Å². The van der Waals surface area contributed by atoms with Gasteiger partial charge in [0.2, 0.25) is 0 Å². The van der Waals surface area contributed by atoms with Crippen LogP contribution in [0.15, 0.2) is 36.7 Å². The lowest BCUT2D eigenvalue weighted by Crippen LogP contribution is -2.05. The van der Waals surface area contributed by atoms with E-state index in [2.05, 4.69) is 60.5 Å². The van der Waals surface area contributed by atoms with Crippen molar-refractivity contribution in [3.05, 3.63) is 60.8 Å². The van der Waals surface area contributed by atoms with Crippen molar-refractivity contribution in [1.82, 2.24) is 20.0 Å². The summed E-state index contributed by atoms with van der Waals surface area (Å²) in [7, 11) is 0. The molecule has 1 aromatic carbocycles. The number of halogens is 5. The zero-order valence-electron chi connectivity index (χ0n) is 12.7. The molecule has 0 amide bonds. The van der Waals surface area contributed by atoms with Crippen LogP contribution in [0.4, 0.5) is 13.2 Å². The summed E-state index contributed by atoms with van der Waals surface area (Å²) in [4.78, 5) is 0. The molecule has 0 atom stereocenters. The number of benzene rings is 1. The van der Waals surface area contributed by atoms with Crippen molar-refractivity contribution in [2.75, 3.05) is 0 Å². The maximum atomic E-state index is 12.4. The third-order valence-corrected chi connectivity index (χ3v) is 5.22. The van der Waals surface area contributed by atoms with E-state index in [4.69, 9.17) is 0 Å². The van der Waals surface area contributed by atoms with Crippen LogP contribution < -0.4 is 0 Å². The van der Waals surface area contributed by atoms with Crippen molar-refractivity contribution in [2.45, 2.75) is 20.0 Å². The number of hydrogen-bond donors (Lipinski definition) is 1. The Morgan fingerprint density at radius 1 is 1.04 bits per heavy atom. The van der Waals surface area contributed by atoms with E-state index in [1.54, 1.807) is 10.9 Å². The summed E-state index contributed by atoms with van der Waals surface area (Å²) in [5.74, 6) is 0. The molecule has 0 saturated heterocycles. The van der Waals surface area contributed by atoms with E-state index in [0.29, 0.717) is 5.69 Å². The van der Waals surface area contributed by atoms with Crippen molar-refractivity contribution in [3.8, 4) is 5.69 Å². The molecule has 3 aromatic rings. The van der Waals surface area contributed by atoms with Gasteiger partial charge in [0.15, 0.2) is 0 Å². The van der Waals surface area contributed by atoms with Gasteiger partial charge < -0.3 is 0 Å². The number of hydrogen-bond acceptors (Lipinski definition) is 2. The van der Waals surface area contributed by atoms with Crippen LogP contribution >= 0.6 is 45.2 Å². The average Bonchev–Trinajstić information content (AvgIpc) is 3.05. The van der Waals surface area contributed by atoms with Crippen LogP contribution in [0.3, 0.4) is 0 Å². The predicted octanol–water partition coefficient (Wildman–Crippen LogP) is 5.13. The molecule has 2 aromatic heterocycles. The third-order valence-electron chi connectivity index (χ3n) is 3.06. The standard InChI is InChI=1S/C11H8F3IN2.C4H5IN2/c1-7-6-17(16-10(7)15)9-4-2-8(3-5-9)11(12,13)14;1-3-2-6-7-4(3)5/h2-6H,1H3;2H,1H3,(H,6,7). The average molecular weight is 560 g/mol. The van der Waals surface area contributed by atoms with Crippen LogP contribution in [0.1, 0.15) is 16.7 Å². The van der Waals surface area contributed by atoms with Gasteiger partial charge in [0.25, 0.3) is 0 Å². The summed E-state index contributed by atoms with van der Waals surface area (Å²) in [5.41, 5.74) is 2.16. The van der Waals surface area contributed by atoms with Gasteiger partial charge in [-0.25, -0.2) is 4.68 Å². The molecule has 128 valence electrons. The minimum Gasteiger partial charge on any atom is -0.272 e. The highest BCUT2D eigenvalue weighted by Crippen LogP contribution is 2.29. The number of rotatable bonds is 1. The van der Waals surface area contributed by atoms with Gasteiger partial charge in [-0.1, -0.05) is 0 Å². The number of alkyl halides is 3. The molecule has 0 aliphatic carbocycles. The van der Waals surface area contributed by atoms with Gasteiger partial charge in [-0.3, -0.25) is 5.10 Å². The van der Waals surface area contributed by atoms with Crippen molar-refractivity contribution < 1.29 is 13.2 Å². The molecule has 0 radical (unpaired) electrons. The van der Waals surface area contributed by atoms with Gasteiger partial charge in [-0.2, -0.15) is 23.4 Å². The lowest BCUT2D eigenvalue weighted by Gasteiger charge is -2.07. The Labute approximate surface area is 164 Å². The first-order chi connectivity index (χ1) is 11.2. The SMILES string of the molecule is Cc1cn(-c2ccc(C(F)(F)F)cc2)nc1I.Cc1cn[nH]c1I. The number of nitrogens with zero attached hydrogens (tertiary/aromatic N) is 3. The van der Waals surface area contributed by atoms with Crippen LogP contribution in [-0.4, -0.2) is 20.0 Å². The Bertz CT molecular complexity index is 771. The van der Waals surface area contributed by atoms with E-state index in [9.17, 15) is 13.2 Å². The summed E-state index contributed by atoms with van der Waals surface area (Å²) in [6.45, 7) is 3.92. The molecule has 2 heterocycles. The molecule has 0 unspecified atom stereocenters. The minimum absolute atomic E-state index is 0.615. The van der Waals surface area contributed by atoms with Gasteiger partial charge in [-0.05, 0) is 83.3 Å². The first-order valence-electron chi connectivity index (χ1n) is 6.73. The smallest absolute Gasteiger partial charge is 0.272 e.